The Balaban J connectivity index is 2.60. The Morgan fingerprint density at radius 3 is 2.27 bits per heavy atom. The fraction of sp³-hybridized carbons (Fsp3) is 0.600. The van der Waals surface area contributed by atoms with Gasteiger partial charge in [-0.2, -0.15) is 0 Å². The lowest BCUT2D eigenvalue weighted by atomic mass is 10.1. The Bertz CT molecular complexity index is 576. The molecule has 2 N–H and O–H groups in total. The van der Waals surface area contributed by atoms with Crippen LogP contribution in [0.2, 0.25) is 0 Å². The topological polar surface area (TPSA) is 66.0 Å². The van der Waals surface area contributed by atoms with E-state index in [-0.39, 0.29) is 6.09 Å². The smallest absolute Gasteiger partial charge is 0.410 e. The molecule has 0 saturated heterocycles. The van der Waals surface area contributed by atoms with Crippen molar-refractivity contribution >= 4 is 12.1 Å². The molecule has 6 heteroatoms. The number of benzene rings is 1. The maximum absolute atomic E-state index is 12.0. The van der Waals surface area contributed by atoms with E-state index in [1.165, 1.54) is 0 Å². The summed E-state index contributed by atoms with van der Waals surface area (Å²) in [6, 6.07) is 8.15. The average molecular weight is 363 g/mol. The molecular weight excluding hydrogens is 328 g/mol. The lowest BCUT2D eigenvalue weighted by Gasteiger charge is -2.24. The van der Waals surface area contributed by atoms with Gasteiger partial charge in [0, 0.05) is 26.7 Å². The van der Waals surface area contributed by atoms with Crippen LogP contribution in [0.5, 0.6) is 0 Å². The molecule has 0 heterocycles. The normalized spacial score (nSPS) is 11.8. The predicted molar refractivity (Wildman–Crippen MR) is 107 cm³/mol. The zero-order chi connectivity index (χ0) is 19.6. The lowest BCUT2D eigenvalue weighted by Crippen LogP contribution is -2.37. The minimum absolute atomic E-state index is 0.316. The molecule has 0 saturated carbocycles. The summed E-state index contributed by atoms with van der Waals surface area (Å²) in [5, 5.41) is 6.53. The largest absolute Gasteiger partial charge is 0.444 e. The van der Waals surface area contributed by atoms with Crippen molar-refractivity contribution in [1.29, 1.82) is 0 Å². The molecule has 1 aromatic carbocycles. The van der Waals surface area contributed by atoms with Crippen LogP contribution in [0.3, 0.4) is 0 Å². The average Bonchev–Trinajstić information content (AvgIpc) is 2.57. The Hall–Kier alpha value is -2.24. The molecule has 1 rings (SSSR count). The number of guanidine groups is 1. The van der Waals surface area contributed by atoms with Crippen molar-refractivity contribution < 1.29 is 9.53 Å². The molecule has 0 aliphatic rings. The van der Waals surface area contributed by atoms with Crippen molar-refractivity contribution in [2.24, 2.45) is 4.99 Å². The number of carbonyl (C=O) groups is 1. The Kier molecular flexibility index (Phi) is 8.96. The Morgan fingerprint density at radius 2 is 1.73 bits per heavy atom. The molecule has 1 aromatic rings. The first-order chi connectivity index (χ1) is 12.2. The highest BCUT2D eigenvalue weighted by atomic mass is 16.6. The Morgan fingerprint density at radius 1 is 1.12 bits per heavy atom. The molecule has 0 unspecified atom stereocenters. The number of carbonyl (C=O) groups excluding carboxylic acids is 1. The van der Waals surface area contributed by atoms with E-state index in [0.717, 1.165) is 36.6 Å². The number of ether oxygens (including phenoxy) is 1. The molecule has 6 nitrogen and oxygen atoms in total. The van der Waals surface area contributed by atoms with Gasteiger partial charge in [0.1, 0.15) is 5.60 Å². The monoisotopic (exact) mass is 362 g/mol. The SMILES string of the molecule is CCCNC(=NCc1ccc(CN(C)C(=O)OC(C)(C)C)cc1)NCC. The number of hydrogen-bond acceptors (Lipinski definition) is 3. The summed E-state index contributed by atoms with van der Waals surface area (Å²) < 4.78 is 5.37. The summed E-state index contributed by atoms with van der Waals surface area (Å²) >= 11 is 0. The number of rotatable bonds is 7. The molecule has 0 aliphatic carbocycles. The summed E-state index contributed by atoms with van der Waals surface area (Å²) in [6.07, 6.45) is 0.744. The summed E-state index contributed by atoms with van der Waals surface area (Å²) in [4.78, 5) is 18.2. The zero-order valence-corrected chi connectivity index (χ0v) is 17.1. The van der Waals surface area contributed by atoms with Gasteiger partial charge in [-0.1, -0.05) is 31.2 Å². The maximum atomic E-state index is 12.0. The number of hydrogen-bond donors (Lipinski definition) is 2. The summed E-state index contributed by atoms with van der Waals surface area (Å²) in [5.41, 5.74) is 1.70. The van der Waals surface area contributed by atoms with Crippen molar-refractivity contribution in [3.05, 3.63) is 35.4 Å². The van der Waals surface area contributed by atoms with Gasteiger partial charge in [-0.3, -0.25) is 0 Å². The summed E-state index contributed by atoms with van der Waals surface area (Å²) in [7, 11) is 1.74. The quantitative estimate of drug-likeness (QED) is 0.575. The second-order valence-corrected chi connectivity index (χ2v) is 7.27. The molecule has 0 atom stereocenters. The number of nitrogens with zero attached hydrogens (tertiary/aromatic N) is 2. The van der Waals surface area contributed by atoms with Gasteiger partial charge in [0.15, 0.2) is 5.96 Å². The number of nitrogens with one attached hydrogen (secondary N) is 2. The highest BCUT2D eigenvalue weighted by Crippen LogP contribution is 2.12. The molecular formula is C20H34N4O2. The number of amides is 1. The van der Waals surface area contributed by atoms with Crippen molar-refractivity contribution in [2.75, 3.05) is 20.1 Å². The third-order valence-corrected chi connectivity index (χ3v) is 3.45. The van der Waals surface area contributed by atoms with E-state index in [0.29, 0.717) is 13.1 Å². The van der Waals surface area contributed by atoms with Gasteiger partial charge in [-0.25, -0.2) is 9.79 Å². The molecule has 0 aliphatic heterocycles. The standard InChI is InChI=1S/C20H34N4O2/c1-7-13-22-18(21-8-2)23-14-16-9-11-17(12-10-16)15-24(6)19(25)26-20(3,4)5/h9-12H,7-8,13-15H2,1-6H3,(H2,21,22,23). The first-order valence-electron chi connectivity index (χ1n) is 9.29. The van der Waals surface area contributed by atoms with Crippen LogP contribution in [0.4, 0.5) is 4.79 Å². The van der Waals surface area contributed by atoms with E-state index in [2.05, 4.69) is 29.5 Å². The first-order valence-corrected chi connectivity index (χ1v) is 9.29. The number of aliphatic imine (C=N–C) groups is 1. The predicted octanol–water partition coefficient (Wildman–Crippen LogP) is 3.52. The highest BCUT2D eigenvalue weighted by molar-refractivity contribution is 5.79. The molecule has 26 heavy (non-hydrogen) atoms. The highest BCUT2D eigenvalue weighted by Gasteiger charge is 2.19. The van der Waals surface area contributed by atoms with E-state index in [1.807, 2.05) is 45.0 Å². The summed E-state index contributed by atoms with van der Waals surface area (Å²) in [6.45, 7) is 12.7. The van der Waals surface area contributed by atoms with Crippen LogP contribution in [0.15, 0.2) is 29.3 Å². The fourth-order valence-electron chi connectivity index (χ4n) is 2.18. The van der Waals surface area contributed by atoms with Gasteiger partial charge >= 0.3 is 6.09 Å². The minimum Gasteiger partial charge on any atom is -0.444 e. The van der Waals surface area contributed by atoms with Crippen molar-refractivity contribution in [1.82, 2.24) is 15.5 Å². The van der Waals surface area contributed by atoms with Crippen LogP contribution in [0.1, 0.15) is 52.2 Å². The minimum atomic E-state index is -0.483. The van der Waals surface area contributed by atoms with Gasteiger partial charge in [0.2, 0.25) is 0 Å². The van der Waals surface area contributed by atoms with E-state index >= 15 is 0 Å². The van der Waals surface area contributed by atoms with E-state index in [4.69, 9.17) is 4.74 Å². The van der Waals surface area contributed by atoms with Crippen molar-refractivity contribution in [3.63, 3.8) is 0 Å². The second-order valence-electron chi connectivity index (χ2n) is 7.27. The van der Waals surface area contributed by atoms with Crippen LogP contribution in [-0.4, -0.2) is 42.7 Å². The van der Waals surface area contributed by atoms with E-state index in [1.54, 1.807) is 11.9 Å². The van der Waals surface area contributed by atoms with Crippen LogP contribution < -0.4 is 10.6 Å². The first kappa shape index (κ1) is 21.8. The lowest BCUT2D eigenvalue weighted by molar-refractivity contribution is 0.0285. The van der Waals surface area contributed by atoms with E-state index in [9.17, 15) is 4.79 Å². The van der Waals surface area contributed by atoms with Gasteiger partial charge in [-0.05, 0) is 45.2 Å². The maximum Gasteiger partial charge on any atom is 0.410 e. The van der Waals surface area contributed by atoms with Crippen LogP contribution >= 0.6 is 0 Å². The van der Waals surface area contributed by atoms with Crippen LogP contribution in [0.25, 0.3) is 0 Å². The van der Waals surface area contributed by atoms with Crippen LogP contribution in [0, 0.1) is 0 Å². The summed E-state index contributed by atoms with van der Waals surface area (Å²) in [5.74, 6) is 0.836. The van der Waals surface area contributed by atoms with Crippen molar-refractivity contribution in [2.45, 2.75) is 59.7 Å². The zero-order valence-electron chi connectivity index (χ0n) is 17.1. The fourth-order valence-corrected chi connectivity index (χ4v) is 2.18. The Labute approximate surface area is 158 Å². The molecule has 0 radical (unpaired) electrons. The van der Waals surface area contributed by atoms with Gasteiger partial charge in [0.25, 0.3) is 0 Å². The molecule has 0 bridgehead atoms. The second kappa shape index (κ2) is 10.7. The molecule has 146 valence electrons. The third-order valence-electron chi connectivity index (χ3n) is 3.45. The molecule has 0 aromatic heterocycles. The van der Waals surface area contributed by atoms with Gasteiger partial charge < -0.3 is 20.3 Å². The molecule has 1 amide bonds. The third kappa shape index (κ3) is 8.74. The molecule has 0 spiro atoms. The van der Waals surface area contributed by atoms with Crippen LogP contribution in [-0.2, 0) is 17.8 Å². The van der Waals surface area contributed by atoms with Gasteiger partial charge in [0.05, 0.1) is 6.54 Å². The van der Waals surface area contributed by atoms with Crippen molar-refractivity contribution in [3.8, 4) is 0 Å². The van der Waals surface area contributed by atoms with Gasteiger partial charge in [-0.15, -0.1) is 0 Å². The molecule has 0 fully saturated rings. The van der Waals surface area contributed by atoms with E-state index < -0.39 is 5.60 Å².